The third kappa shape index (κ3) is 3.98. The summed E-state index contributed by atoms with van der Waals surface area (Å²) in [6, 6.07) is 6.82. The van der Waals surface area contributed by atoms with Crippen LogP contribution in [-0.2, 0) is 13.1 Å². The van der Waals surface area contributed by atoms with Crippen LogP contribution < -0.4 is 14.8 Å². The number of rotatable bonds is 8. The lowest BCUT2D eigenvalue weighted by molar-refractivity contribution is 0.279. The van der Waals surface area contributed by atoms with Crippen LogP contribution in [0.4, 0.5) is 0 Å². The predicted molar refractivity (Wildman–Crippen MR) is 80.6 cm³/mol. The number of hydrogen-bond donors (Lipinski definition) is 1. The van der Waals surface area contributed by atoms with Gasteiger partial charge in [0.15, 0.2) is 11.5 Å². The minimum atomic E-state index is 0.590. The summed E-state index contributed by atoms with van der Waals surface area (Å²) in [6.07, 6.45) is 8.07. The van der Waals surface area contributed by atoms with Gasteiger partial charge in [0.25, 0.3) is 0 Å². The summed E-state index contributed by atoms with van der Waals surface area (Å²) < 4.78 is 13.2. The van der Waals surface area contributed by atoms with Gasteiger partial charge in [-0.15, -0.1) is 0 Å². The van der Waals surface area contributed by atoms with E-state index in [0.29, 0.717) is 12.6 Å². The van der Waals surface area contributed by atoms with E-state index >= 15 is 0 Å². The quantitative estimate of drug-likeness (QED) is 0.809. The van der Waals surface area contributed by atoms with Crippen LogP contribution >= 0.6 is 0 Å². The molecule has 1 saturated carbocycles. The van der Waals surface area contributed by atoms with Crippen molar-refractivity contribution in [3.05, 3.63) is 42.5 Å². The van der Waals surface area contributed by atoms with Crippen LogP contribution in [0.3, 0.4) is 0 Å². The first-order valence-corrected chi connectivity index (χ1v) is 7.34. The molecule has 0 saturated heterocycles. The molecule has 0 unspecified atom stereocenters. The Bertz CT molecular complexity index is 565. The zero-order valence-corrected chi connectivity index (χ0v) is 12.3. The Kier molecular flexibility index (Phi) is 4.40. The van der Waals surface area contributed by atoms with Crippen molar-refractivity contribution >= 4 is 0 Å². The molecule has 1 fully saturated rings. The third-order valence-corrected chi connectivity index (χ3v) is 3.57. The smallest absolute Gasteiger partial charge is 0.161 e. The zero-order valence-electron chi connectivity index (χ0n) is 12.3. The van der Waals surface area contributed by atoms with Crippen LogP contribution in [-0.4, -0.2) is 29.3 Å². The first-order valence-electron chi connectivity index (χ1n) is 7.34. The molecule has 0 bridgehead atoms. The average Bonchev–Trinajstić information content (AvgIpc) is 3.20. The second-order valence-electron chi connectivity index (χ2n) is 5.29. The van der Waals surface area contributed by atoms with Crippen LogP contribution in [0.25, 0.3) is 0 Å². The van der Waals surface area contributed by atoms with Gasteiger partial charge in [-0.2, -0.15) is 0 Å². The van der Waals surface area contributed by atoms with Crippen LogP contribution in [0.1, 0.15) is 18.4 Å². The first kappa shape index (κ1) is 13.9. The Balaban J connectivity index is 1.55. The van der Waals surface area contributed by atoms with Crippen molar-refractivity contribution in [1.82, 2.24) is 14.9 Å². The maximum atomic E-state index is 5.80. The number of hydrogen-bond acceptors (Lipinski definition) is 4. The number of aromatic nitrogens is 2. The third-order valence-electron chi connectivity index (χ3n) is 3.57. The number of ether oxygens (including phenoxy) is 2. The highest BCUT2D eigenvalue weighted by Gasteiger charge is 2.20. The minimum absolute atomic E-state index is 0.590. The molecular formula is C16H21N3O2. The van der Waals surface area contributed by atoms with Gasteiger partial charge in [-0.05, 0) is 30.5 Å². The van der Waals surface area contributed by atoms with Crippen molar-refractivity contribution in [1.29, 1.82) is 0 Å². The van der Waals surface area contributed by atoms with E-state index in [1.54, 1.807) is 19.6 Å². The van der Waals surface area contributed by atoms with E-state index in [2.05, 4.69) is 16.4 Å². The van der Waals surface area contributed by atoms with Crippen LogP contribution in [0.2, 0.25) is 0 Å². The van der Waals surface area contributed by atoms with Gasteiger partial charge in [-0.3, -0.25) is 0 Å². The van der Waals surface area contributed by atoms with Gasteiger partial charge in [-0.1, -0.05) is 6.07 Å². The molecular weight excluding hydrogens is 266 g/mol. The molecule has 1 heterocycles. The fraction of sp³-hybridized carbons (Fsp3) is 0.438. The van der Waals surface area contributed by atoms with Crippen molar-refractivity contribution in [3.8, 4) is 11.5 Å². The molecule has 5 nitrogen and oxygen atoms in total. The molecule has 2 aromatic rings. The van der Waals surface area contributed by atoms with Crippen LogP contribution in [0.15, 0.2) is 36.9 Å². The molecule has 0 aliphatic heterocycles. The van der Waals surface area contributed by atoms with Gasteiger partial charge in [0.1, 0.15) is 6.61 Å². The predicted octanol–water partition coefficient (Wildman–Crippen LogP) is 2.22. The van der Waals surface area contributed by atoms with Gasteiger partial charge >= 0.3 is 0 Å². The van der Waals surface area contributed by atoms with Crippen molar-refractivity contribution in [2.24, 2.45) is 0 Å². The van der Waals surface area contributed by atoms with Crippen molar-refractivity contribution < 1.29 is 9.47 Å². The fourth-order valence-corrected chi connectivity index (χ4v) is 2.17. The highest BCUT2D eigenvalue weighted by molar-refractivity contribution is 5.43. The van der Waals surface area contributed by atoms with E-state index in [1.807, 2.05) is 22.9 Å². The molecule has 112 valence electrons. The molecule has 1 aromatic carbocycles. The molecule has 0 atom stereocenters. The molecule has 1 aliphatic rings. The molecule has 0 amide bonds. The largest absolute Gasteiger partial charge is 0.493 e. The molecule has 1 aromatic heterocycles. The summed E-state index contributed by atoms with van der Waals surface area (Å²) in [5, 5.41) is 3.50. The molecule has 0 spiro atoms. The van der Waals surface area contributed by atoms with Crippen LogP contribution in [0.5, 0.6) is 11.5 Å². The maximum absolute atomic E-state index is 5.80. The summed E-state index contributed by atoms with van der Waals surface area (Å²) in [5.41, 5.74) is 1.22. The Hall–Kier alpha value is -2.01. The summed E-state index contributed by atoms with van der Waals surface area (Å²) >= 11 is 0. The lowest BCUT2D eigenvalue weighted by Crippen LogP contribution is -2.15. The molecule has 1 aliphatic carbocycles. The fourth-order valence-electron chi connectivity index (χ4n) is 2.17. The standard InChI is InChI=1S/C16H21N3O2/c1-20-16-10-13(11-18-14-3-4-14)2-5-15(16)21-9-8-19-7-6-17-12-19/h2,5-7,10,12,14,18H,3-4,8-9,11H2,1H3. The summed E-state index contributed by atoms with van der Waals surface area (Å²) in [5.74, 6) is 1.57. The molecule has 3 rings (SSSR count). The lowest BCUT2D eigenvalue weighted by atomic mass is 10.2. The van der Waals surface area contributed by atoms with E-state index in [1.165, 1.54) is 18.4 Å². The topological polar surface area (TPSA) is 48.3 Å². The maximum Gasteiger partial charge on any atom is 0.161 e. The van der Waals surface area contributed by atoms with Crippen molar-refractivity contribution in [3.63, 3.8) is 0 Å². The number of nitrogens with one attached hydrogen (secondary N) is 1. The summed E-state index contributed by atoms with van der Waals surface area (Å²) in [7, 11) is 1.68. The highest BCUT2D eigenvalue weighted by Crippen LogP contribution is 2.28. The van der Waals surface area contributed by atoms with Gasteiger partial charge in [-0.25, -0.2) is 4.98 Å². The number of benzene rings is 1. The molecule has 1 N–H and O–H groups in total. The van der Waals surface area contributed by atoms with Gasteiger partial charge < -0.3 is 19.4 Å². The SMILES string of the molecule is COc1cc(CNC2CC2)ccc1OCCn1ccnc1. The molecule has 5 heteroatoms. The molecule has 0 radical (unpaired) electrons. The highest BCUT2D eigenvalue weighted by atomic mass is 16.5. The van der Waals surface area contributed by atoms with E-state index < -0.39 is 0 Å². The van der Waals surface area contributed by atoms with Gasteiger partial charge in [0.05, 0.1) is 20.0 Å². The second-order valence-corrected chi connectivity index (χ2v) is 5.29. The van der Waals surface area contributed by atoms with E-state index in [0.717, 1.165) is 24.6 Å². The second kappa shape index (κ2) is 6.63. The average molecular weight is 287 g/mol. The number of nitrogens with zero attached hydrogens (tertiary/aromatic N) is 2. The van der Waals surface area contributed by atoms with E-state index in [9.17, 15) is 0 Å². The van der Waals surface area contributed by atoms with Gasteiger partial charge in [0.2, 0.25) is 0 Å². The number of methoxy groups -OCH3 is 1. The summed E-state index contributed by atoms with van der Waals surface area (Å²) in [4.78, 5) is 4.01. The van der Waals surface area contributed by atoms with Gasteiger partial charge in [0, 0.05) is 25.0 Å². The normalized spacial score (nSPS) is 14.1. The Morgan fingerprint density at radius 3 is 2.95 bits per heavy atom. The summed E-state index contributed by atoms with van der Waals surface area (Å²) in [6.45, 7) is 2.25. The van der Waals surface area contributed by atoms with Crippen molar-refractivity contribution in [2.75, 3.05) is 13.7 Å². The first-order chi connectivity index (χ1) is 10.3. The Morgan fingerprint density at radius 1 is 1.33 bits per heavy atom. The van der Waals surface area contributed by atoms with Crippen LogP contribution in [0, 0.1) is 0 Å². The Labute approximate surface area is 124 Å². The van der Waals surface area contributed by atoms with E-state index in [-0.39, 0.29) is 0 Å². The minimum Gasteiger partial charge on any atom is -0.493 e. The lowest BCUT2D eigenvalue weighted by Gasteiger charge is -2.12. The Morgan fingerprint density at radius 2 is 2.24 bits per heavy atom. The van der Waals surface area contributed by atoms with Crippen molar-refractivity contribution in [2.45, 2.75) is 32.0 Å². The number of imidazole rings is 1. The molecule has 21 heavy (non-hydrogen) atoms. The zero-order chi connectivity index (χ0) is 14.5. The van der Waals surface area contributed by atoms with E-state index in [4.69, 9.17) is 9.47 Å². The monoisotopic (exact) mass is 287 g/mol.